The molecule has 1 aromatic rings. The number of carbonyl (C=O) groups is 1. The number of hydrogen-bond donors (Lipinski definition) is 1. The molecule has 0 heterocycles. The molecule has 2 aliphatic rings. The first kappa shape index (κ1) is 18.4. The van der Waals surface area contributed by atoms with E-state index in [0.29, 0.717) is 11.4 Å². The monoisotopic (exact) mass is 364 g/mol. The van der Waals surface area contributed by atoms with Gasteiger partial charge in [-0.25, -0.2) is 13.1 Å². The Morgan fingerprint density at radius 1 is 1.12 bits per heavy atom. The van der Waals surface area contributed by atoms with E-state index in [2.05, 4.69) is 4.72 Å². The molecule has 0 unspecified atom stereocenters. The van der Waals surface area contributed by atoms with Gasteiger partial charge in [0.15, 0.2) is 0 Å². The van der Waals surface area contributed by atoms with Gasteiger partial charge in [0.2, 0.25) is 15.9 Å². The number of nitrogens with zero attached hydrogens (tertiary/aromatic N) is 1. The summed E-state index contributed by atoms with van der Waals surface area (Å²) >= 11 is 0. The molecule has 0 saturated heterocycles. The lowest BCUT2D eigenvalue weighted by molar-refractivity contribution is -0.130. The second-order valence-corrected chi connectivity index (χ2v) is 8.95. The molecule has 1 aromatic carbocycles. The van der Waals surface area contributed by atoms with Gasteiger partial charge in [-0.05, 0) is 61.8 Å². The molecule has 0 bridgehead atoms. The fourth-order valence-corrected chi connectivity index (χ4v) is 5.15. The van der Waals surface area contributed by atoms with E-state index in [-0.39, 0.29) is 18.5 Å². The summed E-state index contributed by atoms with van der Waals surface area (Å²) in [5, 5.41) is 0. The molecule has 0 aliphatic heterocycles. The SMILES string of the molecule is CC(=O)N(CCNS(=O)(=O)c1ccc2c(c1)CCCC2)C1CCCC1. The average Bonchev–Trinajstić information content (AvgIpc) is 3.12. The molecular weight excluding hydrogens is 336 g/mol. The summed E-state index contributed by atoms with van der Waals surface area (Å²) in [6.45, 7) is 2.26. The number of amides is 1. The summed E-state index contributed by atoms with van der Waals surface area (Å²) in [5.41, 5.74) is 2.43. The highest BCUT2D eigenvalue weighted by Gasteiger charge is 2.25. The maximum atomic E-state index is 12.6. The smallest absolute Gasteiger partial charge is 0.240 e. The van der Waals surface area contributed by atoms with Gasteiger partial charge in [-0.1, -0.05) is 18.9 Å². The lowest BCUT2D eigenvalue weighted by Crippen LogP contribution is -2.42. The van der Waals surface area contributed by atoms with E-state index in [4.69, 9.17) is 0 Å². The molecule has 1 saturated carbocycles. The quantitative estimate of drug-likeness (QED) is 0.844. The number of rotatable bonds is 6. The molecule has 0 atom stereocenters. The van der Waals surface area contributed by atoms with Crippen molar-refractivity contribution in [1.29, 1.82) is 0 Å². The summed E-state index contributed by atoms with van der Waals surface area (Å²) in [4.78, 5) is 14.0. The van der Waals surface area contributed by atoms with Crippen molar-refractivity contribution in [3.63, 3.8) is 0 Å². The fourth-order valence-electron chi connectivity index (χ4n) is 4.07. The van der Waals surface area contributed by atoms with Crippen molar-refractivity contribution in [2.24, 2.45) is 0 Å². The topological polar surface area (TPSA) is 66.5 Å². The second-order valence-electron chi connectivity index (χ2n) is 7.19. The number of hydrogen-bond acceptors (Lipinski definition) is 3. The van der Waals surface area contributed by atoms with Crippen molar-refractivity contribution in [1.82, 2.24) is 9.62 Å². The van der Waals surface area contributed by atoms with Crippen LogP contribution in [0.4, 0.5) is 0 Å². The minimum atomic E-state index is -3.53. The zero-order chi connectivity index (χ0) is 17.9. The van der Waals surface area contributed by atoms with Gasteiger partial charge in [0.25, 0.3) is 0 Å². The van der Waals surface area contributed by atoms with E-state index >= 15 is 0 Å². The van der Waals surface area contributed by atoms with Gasteiger partial charge in [-0.3, -0.25) is 4.79 Å². The van der Waals surface area contributed by atoms with E-state index in [1.165, 1.54) is 12.0 Å². The van der Waals surface area contributed by atoms with Crippen molar-refractivity contribution in [3.05, 3.63) is 29.3 Å². The third kappa shape index (κ3) is 4.42. The van der Waals surface area contributed by atoms with Crippen LogP contribution >= 0.6 is 0 Å². The van der Waals surface area contributed by atoms with Crippen LogP contribution in [0.2, 0.25) is 0 Å². The second kappa shape index (κ2) is 7.87. The van der Waals surface area contributed by atoms with Crippen LogP contribution in [0.3, 0.4) is 0 Å². The maximum Gasteiger partial charge on any atom is 0.240 e. The van der Waals surface area contributed by atoms with E-state index in [9.17, 15) is 13.2 Å². The van der Waals surface area contributed by atoms with Gasteiger partial charge in [0, 0.05) is 26.1 Å². The van der Waals surface area contributed by atoms with Gasteiger partial charge in [-0.2, -0.15) is 0 Å². The molecular formula is C19H28N2O3S. The molecule has 5 nitrogen and oxygen atoms in total. The van der Waals surface area contributed by atoms with Gasteiger partial charge in [0.05, 0.1) is 4.90 Å². The number of carbonyl (C=O) groups excluding carboxylic acids is 1. The van der Waals surface area contributed by atoms with Crippen LogP contribution in [0.25, 0.3) is 0 Å². The highest BCUT2D eigenvalue weighted by molar-refractivity contribution is 7.89. The first-order valence-corrected chi connectivity index (χ1v) is 10.8. The molecule has 0 radical (unpaired) electrons. The van der Waals surface area contributed by atoms with E-state index in [1.54, 1.807) is 13.0 Å². The molecule has 138 valence electrons. The number of fused-ring (bicyclic) bond motifs is 1. The van der Waals surface area contributed by atoms with Crippen molar-refractivity contribution >= 4 is 15.9 Å². The number of nitrogens with one attached hydrogen (secondary N) is 1. The normalized spacial score (nSPS) is 18.1. The Morgan fingerprint density at radius 2 is 1.80 bits per heavy atom. The fraction of sp³-hybridized carbons (Fsp3) is 0.632. The summed E-state index contributed by atoms with van der Waals surface area (Å²) in [6.07, 6.45) is 8.65. The van der Waals surface area contributed by atoms with Crippen molar-refractivity contribution < 1.29 is 13.2 Å². The standard InChI is InChI=1S/C19H28N2O3S/c1-15(22)21(18-8-4-5-9-18)13-12-20-25(23,24)19-11-10-16-6-2-3-7-17(16)14-19/h10-11,14,18,20H,2-9,12-13H2,1H3. The van der Waals surface area contributed by atoms with Crippen LogP contribution in [-0.2, 0) is 27.7 Å². The summed E-state index contributed by atoms with van der Waals surface area (Å²) in [5.74, 6) is 0.0277. The minimum absolute atomic E-state index is 0.0277. The Kier molecular flexibility index (Phi) is 5.79. The molecule has 0 aromatic heterocycles. The third-order valence-corrected chi connectivity index (χ3v) is 6.90. The largest absolute Gasteiger partial charge is 0.339 e. The van der Waals surface area contributed by atoms with Gasteiger partial charge in [0.1, 0.15) is 0 Å². The zero-order valence-electron chi connectivity index (χ0n) is 15.0. The summed E-state index contributed by atoms with van der Waals surface area (Å²) in [6, 6.07) is 5.73. The van der Waals surface area contributed by atoms with Crippen LogP contribution in [-0.4, -0.2) is 38.4 Å². The van der Waals surface area contributed by atoms with E-state index in [0.717, 1.165) is 50.5 Å². The lowest BCUT2D eigenvalue weighted by Gasteiger charge is -2.28. The van der Waals surface area contributed by atoms with Crippen LogP contribution in [0.1, 0.15) is 56.6 Å². The highest BCUT2D eigenvalue weighted by atomic mass is 32.2. The molecule has 25 heavy (non-hydrogen) atoms. The van der Waals surface area contributed by atoms with Crippen molar-refractivity contribution in [2.45, 2.75) is 69.2 Å². The van der Waals surface area contributed by atoms with Crippen molar-refractivity contribution in [3.8, 4) is 0 Å². The molecule has 1 fully saturated rings. The lowest BCUT2D eigenvalue weighted by atomic mass is 9.92. The Morgan fingerprint density at radius 3 is 2.48 bits per heavy atom. The highest BCUT2D eigenvalue weighted by Crippen LogP contribution is 2.25. The Labute approximate surface area is 150 Å². The van der Waals surface area contributed by atoms with Gasteiger partial charge in [-0.15, -0.1) is 0 Å². The molecule has 0 spiro atoms. The van der Waals surface area contributed by atoms with E-state index < -0.39 is 10.0 Å². The molecule has 6 heteroatoms. The summed E-state index contributed by atoms with van der Waals surface area (Å²) < 4.78 is 27.8. The first-order valence-electron chi connectivity index (χ1n) is 9.36. The van der Waals surface area contributed by atoms with Crippen LogP contribution in [0.5, 0.6) is 0 Å². The van der Waals surface area contributed by atoms with E-state index in [1.807, 2.05) is 17.0 Å². The third-order valence-electron chi connectivity index (χ3n) is 5.44. The predicted molar refractivity (Wildman–Crippen MR) is 97.9 cm³/mol. The maximum absolute atomic E-state index is 12.6. The first-order chi connectivity index (χ1) is 12.0. The van der Waals surface area contributed by atoms with Crippen LogP contribution in [0, 0.1) is 0 Å². The minimum Gasteiger partial charge on any atom is -0.339 e. The van der Waals surface area contributed by atoms with Gasteiger partial charge < -0.3 is 4.90 Å². The molecule has 1 amide bonds. The number of aryl methyl sites for hydroxylation is 2. The molecule has 1 N–H and O–H groups in total. The molecule has 3 rings (SSSR count). The van der Waals surface area contributed by atoms with Gasteiger partial charge >= 0.3 is 0 Å². The number of sulfonamides is 1. The van der Waals surface area contributed by atoms with Crippen molar-refractivity contribution in [2.75, 3.05) is 13.1 Å². The number of benzene rings is 1. The zero-order valence-corrected chi connectivity index (χ0v) is 15.8. The molecule has 2 aliphatic carbocycles. The Bertz CT molecular complexity index is 724. The Hall–Kier alpha value is -1.40. The summed E-state index contributed by atoms with van der Waals surface area (Å²) in [7, 11) is -3.53. The predicted octanol–water partition coefficient (Wildman–Crippen LogP) is 2.63. The Balaban J connectivity index is 1.62. The average molecular weight is 365 g/mol. The van der Waals surface area contributed by atoms with Crippen LogP contribution < -0.4 is 4.72 Å². The van der Waals surface area contributed by atoms with Crippen LogP contribution in [0.15, 0.2) is 23.1 Å².